The number of aryl methyl sites for hydroxylation is 1. The monoisotopic (exact) mass is 382 g/mol. The van der Waals surface area contributed by atoms with E-state index in [1.165, 1.54) is 22.4 Å². The number of halogens is 1. The lowest BCUT2D eigenvalue weighted by Crippen LogP contribution is -2.42. The van der Waals surface area contributed by atoms with Gasteiger partial charge in [0.2, 0.25) is 0 Å². The van der Waals surface area contributed by atoms with Crippen molar-refractivity contribution in [3.63, 3.8) is 0 Å². The Morgan fingerprint density at radius 1 is 1.22 bits per heavy atom. The molecular weight excluding hydrogens is 359 g/mol. The van der Waals surface area contributed by atoms with Gasteiger partial charge in [0.15, 0.2) is 0 Å². The number of nitrogens with zero attached hydrogens (tertiary/aromatic N) is 3. The van der Waals surface area contributed by atoms with E-state index >= 15 is 0 Å². The summed E-state index contributed by atoms with van der Waals surface area (Å²) in [7, 11) is 0. The predicted molar refractivity (Wildman–Crippen MR) is 111 cm³/mol. The molecule has 0 amide bonds. The fourth-order valence-electron chi connectivity index (χ4n) is 3.48. The molecule has 1 aromatic carbocycles. The number of hydrogen-bond donors (Lipinski definition) is 1. The molecule has 1 fully saturated rings. The van der Waals surface area contributed by atoms with Crippen LogP contribution in [0, 0.1) is 12.7 Å². The van der Waals surface area contributed by atoms with Crippen LogP contribution in [-0.2, 0) is 0 Å². The molecule has 27 heavy (non-hydrogen) atoms. The molecule has 3 aromatic rings. The first-order chi connectivity index (χ1) is 13.2. The standard InChI is InChI=1S/C21H23FN4S/c1-15-13-27-20-19(15)24-14-25-21(20)26-11-8-18(9-12-26)23-10-2-3-16-4-6-17(22)7-5-16/h2-7,13-14,18,23H,8-12H2,1H3/b3-2+. The summed E-state index contributed by atoms with van der Waals surface area (Å²) in [6, 6.07) is 7.07. The molecule has 4 rings (SSSR count). The first kappa shape index (κ1) is 18.1. The molecule has 3 heterocycles. The van der Waals surface area contributed by atoms with Gasteiger partial charge in [0.1, 0.15) is 18.0 Å². The molecule has 140 valence electrons. The summed E-state index contributed by atoms with van der Waals surface area (Å²) >= 11 is 1.74. The van der Waals surface area contributed by atoms with Gasteiger partial charge in [0.05, 0.1) is 10.2 Å². The highest BCUT2D eigenvalue weighted by molar-refractivity contribution is 7.18. The van der Waals surface area contributed by atoms with Gasteiger partial charge in [0, 0.05) is 25.7 Å². The molecular formula is C21H23FN4S. The summed E-state index contributed by atoms with van der Waals surface area (Å²) in [5.41, 5.74) is 3.33. The lowest BCUT2D eigenvalue weighted by molar-refractivity contribution is 0.429. The fraction of sp³-hybridized carbons (Fsp3) is 0.333. The van der Waals surface area contributed by atoms with Crippen molar-refractivity contribution in [2.75, 3.05) is 24.5 Å². The number of thiophene rings is 1. The van der Waals surface area contributed by atoms with Crippen molar-refractivity contribution >= 4 is 33.4 Å². The first-order valence-corrected chi connectivity index (χ1v) is 10.2. The van der Waals surface area contributed by atoms with Crippen LogP contribution in [0.5, 0.6) is 0 Å². The third-order valence-electron chi connectivity index (χ3n) is 5.01. The normalized spacial score (nSPS) is 15.9. The Labute approximate surface area is 162 Å². The highest BCUT2D eigenvalue weighted by Crippen LogP contribution is 2.32. The second kappa shape index (κ2) is 8.15. The number of piperidine rings is 1. The second-order valence-corrected chi connectivity index (χ2v) is 7.80. The molecule has 6 heteroatoms. The highest BCUT2D eigenvalue weighted by Gasteiger charge is 2.21. The van der Waals surface area contributed by atoms with Crippen molar-refractivity contribution in [1.82, 2.24) is 15.3 Å². The van der Waals surface area contributed by atoms with Crippen LogP contribution in [0.4, 0.5) is 10.2 Å². The van der Waals surface area contributed by atoms with Gasteiger partial charge < -0.3 is 10.2 Å². The van der Waals surface area contributed by atoms with Gasteiger partial charge in [-0.05, 0) is 48.4 Å². The van der Waals surface area contributed by atoms with Gasteiger partial charge in [-0.1, -0.05) is 24.3 Å². The van der Waals surface area contributed by atoms with Crippen molar-refractivity contribution in [2.45, 2.75) is 25.8 Å². The number of fused-ring (bicyclic) bond motifs is 1. The van der Waals surface area contributed by atoms with Crippen molar-refractivity contribution < 1.29 is 4.39 Å². The molecule has 1 saturated heterocycles. The first-order valence-electron chi connectivity index (χ1n) is 9.30. The molecule has 1 aliphatic heterocycles. The van der Waals surface area contributed by atoms with E-state index in [0.29, 0.717) is 6.04 Å². The number of nitrogens with one attached hydrogen (secondary N) is 1. The third-order valence-corrected chi connectivity index (χ3v) is 6.09. The molecule has 0 unspecified atom stereocenters. The summed E-state index contributed by atoms with van der Waals surface area (Å²) in [6.45, 7) is 4.93. The number of rotatable bonds is 5. The van der Waals surface area contributed by atoms with Crippen LogP contribution in [0.1, 0.15) is 24.0 Å². The SMILES string of the molecule is Cc1csc2c(N3CCC(NC/C=C/c4ccc(F)cc4)CC3)ncnc12. The molecule has 1 aliphatic rings. The predicted octanol–water partition coefficient (Wildman–Crippen LogP) is 4.41. The van der Waals surface area contributed by atoms with Gasteiger partial charge in [0.25, 0.3) is 0 Å². The zero-order valence-corrected chi connectivity index (χ0v) is 16.2. The maximum Gasteiger partial charge on any atom is 0.150 e. The van der Waals surface area contributed by atoms with E-state index < -0.39 is 0 Å². The summed E-state index contributed by atoms with van der Waals surface area (Å²) in [5, 5.41) is 5.76. The van der Waals surface area contributed by atoms with E-state index in [9.17, 15) is 4.39 Å². The van der Waals surface area contributed by atoms with E-state index in [4.69, 9.17) is 0 Å². The van der Waals surface area contributed by atoms with Crippen LogP contribution in [0.25, 0.3) is 16.3 Å². The van der Waals surface area contributed by atoms with Gasteiger partial charge in [-0.15, -0.1) is 11.3 Å². The summed E-state index contributed by atoms with van der Waals surface area (Å²) in [5.74, 6) is 0.878. The Hall–Kier alpha value is -2.31. The van der Waals surface area contributed by atoms with E-state index in [2.05, 4.69) is 38.6 Å². The van der Waals surface area contributed by atoms with Crippen LogP contribution in [0.2, 0.25) is 0 Å². The summed E-state index contributed by atoms with van der Waals surface area (Å²) in [6.07, 6.45) is 8.00. The Morgan fingerprint density at radius 2 is 2.00 bits per heavy atom. The van der Waals surface area contributed by atoms with Crippen LogP contribution in [0.15, 0.2) is 42.0 Å². The average molecular weight is 383 g/mol. The smallest absolute Gasteiger partial charge is 0.150 e. The maximum absolute atomic E-state index is 12.9. The minimum Gasteiger partial charge on any atom is -0.355 e. The van der Waals surface area contributed by atoms with Crippen molar-refractivity contribution in [3.05, 3.63) is 59.0 Å². The summed E-state index contributed by atoms with van der Waals surface area (Å²) < 4.78 is 14.1. The topological polar surface area (TPSA) is 41.0 Å². The summed E-state index contributed by atoms with van der Waals surface area (Å²) in [4.78, 5) is 11.4. The van der Waals surface area contributed by atoms with Crippen molar-refractivity contribution in [2.24, 2.45) is 0 Å². The molecule has 1 N–H and O–H groups in total. The van der Waals surface area contributed by atoms with Crippen LogP contribution in [-0.4, -0.2) is 35.6 Å². The van der Waals surface area contributed by atoms with E-state index in [1.54, 1.807) is 29.8 Å². The van der Waals surface area contributed by atoms with Crippen LogP contribution >= 0.6 is 11.3 Å². The number of aromatic nitrogens is 2. The zero-order valence-electron chi connectivity index (χ0n) is 15.4. The lowest BCUT2D eigenvalue weighted by Gasteiger charge is -2.33. The zero-order chi connectivity index (χ0) is 18.6. The van der Waals surface area contributed by atoms with Crippen LogP contribution in [0.3, 0.4) is 0 Å². The fourth-order valence-corrected chi connectivity index (χ4v) is 4.50. The minimum atomic E-state index is -0.198. The quantitative estimate of drug-likeness (QED) is 0.710. The molecule has 2 aromatic heterocycles. The number of benzene rings is 1. The Kier molecular flexibility index (Phi) is 5.45. The second-order valence-electron chi connectivity index (χ2n) is 6.92. The average Bonchev–Trinajstić information content (AvgIpc) is 3.08. The third kappa shape index (κ3) is 4.17. The highest BCUT2D eigenvalue weighted by atomic mass is 32.1. The maximum atomic E-state index is 12.9. The van der Waals surface area contributed by atoms with E-state index in [1.807, 2.05) is 6.08 Å². The molecule has 0 atom stereocenters. The minimum absolute atomic E-state index is 0.198. The molecule has 0 saturated carbocycles. The Morgan fingerprint density at radius 3 is 2.78 bits per heavy atom. The molecule has 4 nitrogen and oxygen atoms in total. The Balaban J connectivity index is 1.29. The molecule has 0 spiro atoms. The van der Waals surface area contributed by atoms with E-state index in [0.717, 1.165) is 49.4 Å². The van der Waals surface area contributed by atoms with Gasteiger partial charge in [-0.2, -0.15) is 0 Å². The van der Waals surface area contributed by atoms with Crippen molar-refractivity contribution in [3.8, 4) is 0 Å². The molecule has 0 bridgehead atoms. The molecule has 0 radical (unpaired) electrons. The van der Waals surface area contributed by atoms with Crippen molar-refractivity contribution in [1.29, 1.82) is 0 Å². The van der Waals surface area contributed by atoms with Crippen LogP contribution < -0.4 is 10.2 Å². The van der Waals surface area contributed by atoms with Gasteiger partial charge in [-0.3, -0.25) is 0 Å². The van der Waals surface area contributed by atoms with Gasteiger partial charge >= 0.3 is 0 Å². The molecule has 0 aliphatic carbocycles. The number of hydrogen-bond acceptors (Lipinski definition) is 5. The van der Waals surface area contributed by atoms with Gasteiger partial charge in [-0.25, -0.2) is 14.4 Å². The Bertz CT molecular complexity index is 927. The number of anilines is 1. The largest absolute Gasteiger partial charge is 0.355 e. The van der Waals surface area contributed by atoms with E-state index in [-0.39, 0.29) is 5.82 Å². The lowest BCUT2D eigenvalue weighted by atomic mass is 10.0.